The summed E-state index contributed by atoms with van der Waals surface area (Å²) in [5, 5.41) is 3.58. The summed E-state index contributed by atoms with van der Waals surface area (Å²) in [5.41, 5.74) is 0. The maximum Gasteiger partial charge on any atom is 0.207 e. The molecule has 1 fully saturated rings. The molecule has 0 unspecified atom stereocenters. The molecule has 2 nitrogen and oxygen atoms in total. The first kappa shape index (κ1) is 20.4. The molecule has 1 aromatic rings. The normalized spacial score (nSPS) is 15.4. The van der Waals surface area contributed by atoms with Crippen LogP contribution in [0.4, 0.5) is 0 Å². The number of amides is 1. The molecule has 4 heteroatoms. The SMILES string of the molecule is CC(C)(C)SC1CCCCC1.O=CNCCSc1ccccc1. The van der Waals surface area contributed by atoms with Gasteiger partial charge in [-0.1, -0.05) is 58.2 Å². The largest absolute Gasteiger partial charge is 0.358 e. The number of carbonyl (C=O) groups is 1. The van der Waals surface area contributed by atoms with Crippen molar-refractivity contribution in [3.63, 3.8) is 0 Å². The van der Waals surface area contributed by atoms with Gasteiger partial charge in [-0.2, -0.15) is 11.8 Å². The van der Waals surface area contributed by atoms with E-state index < -0.39 is 0 Å². The molecule has 0 atom stereocenters. The third-order valence-corrected chi connectivity index (χ3v) is 5.94. The number of rotatable bonds is 6. The van der Waals surface area contributed by atoms with Crippen molar-refractivity contribution >= 4 is 29.9 Å². The summed E-state index contributed by atoms with van der Waals surface area (Å²) >= 11 is 3.92. The first-order valence-electron chi connectivity index (χ1n) is 8.54. The van der Waals surface area contributed by atoms with Gasteiger partial charge in [0.05, 0.1) is 0 Å². The molecular weight excluding hydrogens is 322 g/mol. The summed E-state index contributed by atoms with van der Waals surface area (Å²) in [6, 6.07) is 10.1. The molecule has 1 saturated carbocycles. The quantitative estimate of drug-likeness (QED) is 0.423. The fraction of sp³-hybridized carbons (Fsp3) is 0.632. The van der Waals surface area contributed by atoms with Gasteiger partial charge in [0, 0.05) is 27.2 Å². The third kappa shape index (κ3) is 11.5. The van der Waals surface area contributed by atoms with Crippen molar-refractivity contribution in [3.8, 4) is 0 Å². The predicted molar refractivity (Wildman–Crippen MR) is 105 cm³/mol. The summed E-state index contributed by atoms with van der Waals surface area (Å²) < 4.78 is 0.474. The van der Waals surface area contributed by atoms with Gasteiger partial charge in [-0.15, -0.1) is 11.8 Å². The maximum atomic E-state index is 9.90. The van der Waals surface area contributed by atoms with Crippen LogP contribution in [0.15, 0.2) is 35.2 Å². The number of thioether (sulfide) groups is 2. The van der Waals surface area contributed by atoms with Gasteiger partial charge >= 0.3 is 0 Å². The van der Waals surface area contributed by atoms with E-state index in [-0.39, 0.29) is 0 Å². The van der Waals surface area contributed by atoms with Crippen molar-refractivity contribution in [3.05, 3.63) is 30.3 Å². The van der Waals surface area contributed by atoms with Crippen LogP contribution < -0.4 is 5.32 Å². The minimum absolute atomic E-state index is 0.474. The zero-order valence-electron chi connectivity index (χ0n) is 14.7. The highest BCUT2D eigenvalue weighted by molar-refractivity contribution is 8.01. The molecule has 0 bridgehead atoms. The highest BCUT2D eigenvalue weighted by Gasteiger charge is 2.20. The van der Waals surface area contributed by atoms with Crippen molar-refractivity contribution in [1.29, 1.82) is 0 Å². The van der Waals surface area contributed by atoms with E-state index in [0.29, 0.717) is 4.75 Å². The molecule has 0 heterocycles. The summed E-state index contributed by atoms with van der Waals surface area (Å²) in [4.78, 5) is 11.1. The van der Waals surface area contributed by atoms with Crippen LogP contribution in [0.25, 0.3) is 0 Å². The minimum atomic E-state index is 0.474. The standard InChI is InChI=1S/C10H20S.C9H11NOS/c1-10(2,3)11-9-7-5-4-6-8-9;11-8-10-6-7-12-9-4-2-1-3-5-9/h9H,4-8H2,1-3H3;1-5,8H,6-7H2,(H,10,11). The first-order chi connectivity index (χ1) is 11.0. The Morgan fingerprint density at radius 1 is 1.13 bits per heavy atom. The molecular formula is C19H31NOS2. The molecule has 1 aliphatic rings. The van der Waals surface area contributed by atoms with Gasteiger partial charge < -0.3 is 5.32 Å². The van der Waals surface area contributed by atoms with Crippen LogP contribution in [-0.4, -0.2) is 28.7 Å². The molecule has 0 saturated heterocycles. The van der Waals surface area contributed by atoms with Crippen LogP contribution in [0, 0.1) is 0 Å². The third-order valence-electron chi connectivity index (χ3n) is 3.41. The molecule has 0 radical (unpaired) electrons. The molecule has 1 aliphatic carbocycles. The summed E-state index contributed by atoms with van der Waals surface area (Å²) in [6.45, 7) is 7.70. The zero-order valence-corrected chi connectivity index (χ0v) is 16.3. The Morgan fingerprint density at radius 2 is 1.78 bits per heavy atom. The van der Waals surface area contributed by atoms with E-state index in [9.17, 15) is 4.79 Å². The van der Waals surface area contributed by atoms with Gasteiger partial charge in [0.25, 0.3) is 0 Å². The smallest absolute Gasteiger partial charge is 0.207 e. The fourth-order valence-corrected chi connectivity index (χ4v) is 4.86. The van der Waals surface area contributed by atoms with Gasteiger partial charge in [-0.05, 0) is 25.0 Å². The average Bonchev–Trinajstić information content (AvgIpc) is 2.53. The van der Waals surface area contributed by atoms with Gasteiger partial charge in [-0.3, -0.25) is 4.79 Å². The van der Waals surface area contributed by atoms with E-state index in [0.717, 1.165) is 24.0 Å². The second-order valence-corrected chi connectivity index (χ2v) is 10.0. The van der Waals surface area contributed by atoms with Crippen molar-refractivity contribution in [1.82, 2.24) is 5.32 Å². The number of hydrogen-bond donors (Lipinski definition) is 1. The van der Waals surface area contributed by atoms with Gasteiger partial charge in [-0.25, -0.2) is 0 Å². The molecule has 1 N–H and O–H groups in total. The topological polar surface area (TPSA) is 29.1 Å². The lowest BCUT2D eigenvalue weighted by molar-refractivity contribution is -0.109. The highest BCUT2D eigenvalue weighted by atomic mass is 32.2. The van der Waals surface area contributed by atoms with Gasteiger partial charge in [0.15, 0.2) is 0 Å². The van der Waals surface area contributed by atoms with E-state index in [1.54, 1.807) is 11.8 Å². The van der Waals surface area contributed by atoms with E-state index in [1.165, 1.54) is 37.0 Å². The molecule has 0 aliphatic heterocycles. The molecule has 1 aromatic carbocycles. The predicted octanol–water partition coefficient (Wildman–Crippen LogP) is 5.38. The lowest BCUT2D eigenvalue weighted by Gasteiger charge is -2.28. The van der Waals surface area contributed by atoms with Crippen LogP contribution in [0.2, 0.25) is 0 Å². The Balaban J connectivity index is 0.000000231. The Kier molecular flexibility index (Phi) is 10.5. The molecule has 23 heavy (non-hydrogen) atoms. The molecule has 0 spiro atoms. The molecule has 0 aromatic heterocycles. The minimum Gasteiger partial charge on any atom is -0.358 e. The van der Waals surface area contributed by atoms with Gasteiger partial charge in [0.2, 0.25) is 6.41 Å². The number of carbonyl (C=O) groups excluding carboxylic acids is 1. The summed E-state index contributed by atoms with van der Waals surface area (Å²) in [7, 11) is 0. The lowest BCUT2D eigenvalue weighted by Crippen LogP contribution is -2.17. The van der Waals surface area contributed by atoms with Crippen LogP contribution in [-0.2, 0) is 4.79 Å². The van der Waals surface area contributed by atoms with Crippen LogP contribution in [0.5, 0.6) is 0 Å². The summed E-state index contributed by atoms with van der Waals surface area (Å²) in [6.07, 6.45) is 8.05. The summed E-state index contributed by atoms with van der Waals surface area (Å²) in [5.74, 6) is 0.919. The maximum absolute atomic E-state index is 9.90. The highest BCUT2D eigenvalue weighted by Crippen LogP contribution is 2.36. The Morgan fingerprint density at radius 3 is 2.35 bits per heavy atom. The van der Waals surface area contributed by atoms with Crippen molar-refractivity contribution in [2.24, 2.45) is 0 Å². The zero-order chi connectivity index (χ0) is 17.0. The van der Waals surface area contributed by atoms with Crippen LogP contribution in [0.3, 0.4) is 0 Å². The van der Waals surface area contributed by atoms with Crippen LogP contribution >= 0.6 is 23.5 Å². The monoisotopic (exact) mass is 353 g/mol. The van der Waals surface area contributed by atoms with Crippen molar-refractivity contribution in [2.75, 3.05) is 12.3 Å². The Labute approximate surface area is 150 Å². The average molecular weight is 354 g/mol. The molecule has 130 valence electrons. The Hall–Kier alpha value is -0.610. The molecule has 1 amide bonds. The number of hydrogen-bond acceptors (Lipinski definition) is 3. The van der Waals surface area contributed by atoms with E-state index in [1.807, 2.05) is 18.2 Å². The van der Waals surface area contributed by atoms with E-state index in [4.69, 9.17) is 0 Å². The number of nitrogens with one attached hydrogen (secondary N) is 1. The van der Waals surface area contributed by atoms with Crippen molar-refractivity contribution in [2.45, 2.75) is 67.8 Å². The lowest BCUT2D eigenvalue weighted by atomic mass is 10.0. The Bertz CT molecular complexity index is 411. The van der Waals surface area contributed by atoms with E-state index >= 15 is 0 Å². The second-order valence-electron chi connectivity index (χ2n) is 6.72. The number of benzene rings is 1. The molecule has 2 rings (SSSR count). The van der Waals surface area contributed by atoms with Gasteiger partial charge in [0.1, 0.15) is 0 Å². The van der Waals surface area contributed by atoms with E-state index in [2.05, 4.69) is 50.0 Å². The van der Waals surface area contributed by atoms with Crippen molar-refractivity contribution < 1.29 is 4.79 Å². The van der Waals surface area contributed by atoms with Crippen LogP contribution in [0.1, 0.15) is 52.9 Å². The fourth-order valence-electron chi connectivity index (χ4n) is 2.49. The first-order valence-corrected chi connectivity index (χ1v) is 10.4. The second kappa shape index (κ2) is 11.9.